The first-order chi connectivity index (χ1) is 12.1. The third kappa shape index (κ3) is 4.12. The predicted molar refractivity (Wildman–Crippen MR) is 109 cm³/mol. The standard InChI is InChI=1S/C19H14ClNO2S2/c1-2-10-23-16-5-3-4-13(11-16)12-17-18(22)21(19(24)25-17)15-8-6-14(20)7-9-15/h2-9,11-12H,1,10H2/b17-12-. The third-order valence-electron chi connectivity index (χ3n) is 3.40. The number of thiocarbonyl (C=S) groups is 1. The van der Waals surface area contributed by atoms with Gasteiger partial charge in [-0.3, -0.25) is 9.69 Å². The smallest absolute Gasteiger partial charge is 0.270 e. The Morgan fingerprint density at radius 1 is 1.24 bits per heavy atom. The molecule has 3 nitrogen and oxygen atoms in total. The number of hydrogen-bond donors (Lipinski definition) is 0. The summed E-state index contributed by atoms with van der Waals surface area (Å²) >= 11 is 12.6. The zero-order valence-corrected chi connectivity index (χ0v) is 15.5. The topological polar surface area (TPSA) is 29.5 Å². The normalized spacial score (nSPS) is 15.7. The first-order valence-corrected chi connectivity index (χ1v) is 9.06. The van der Waals surface area contributed by atoms with Crippen LogP contribution < -0.4 is 9.64 Å². The van der Waals surface area contributed by atoms with E-state index in [4.69, 9.17) is 28.6 Å². The number of hydrogen-bond acceptors (Lipinski definition) is 4. The third-order valence-corrected chi connectivity index (χ3v) is 4.96. The molecule has 1 amide bonds. The summed E-state index contributed by atoms with van der Waals surface area (Å²) in [5.74, 6) is 0.580. The molecule has 0 radical (unpaired) electrons. The minimum atomic E-state index is -0.144. The number of anilines is 1. The number of benzene rings is 2. The molecule has 25 heavy (non-hydrogen) atoms. The fraction of sp³-hybridized carbons (Fsp3) is 0.0526. The van der Waals surface area contributed by atoms with Gasteiger partial charge < -0.3 is 4.74 Å². The first-order valence-electron chi connectivity index (χ1n) is 7.46. The largest absolute Gasteiger partial charge is 0.490 e. The van der Waals surface area contributed by atoms with Gasteiger partial charge in [0.05, 0.1) is 10.6 Å². The average Bonchev–Trinajstić information content (AvgIpc) is 2.88. The Morgan fingerprint density at radius 2 is 2.00 bits per heavy atom. The Kier molecular flexibility index (Phi) is 5.58. The molecule has 1 heterocycles. The van der Waals surface area contributed by atoms with Gasteiger partial charge in [0, 0.05) is 5.02 Å². The zero-order valence-electron chi connectivity index (χ0n) is 13.1. The highest BCUT2D eigenvalue weighted by Crippen LogP contribution is 2.36. The van der Waals surface area contributed by atoms with E-state index in [-0.39, 0.29) is 5.91 Å². The van der Waals surface area contributed by atoms with Crippen molar-refractivity contribution >= 4 is 57.6 Å². The Bertz CT molecular complexity index is 862. The molecule has 1 aliphatic rings. The van der Waals surface area contributed by atoms with Gasteiger partial charge in [-0.05, 0) is 48.0 Å². The summed E-state index contributed by atoms with van der Waals surface area (Å²) in [5.41, 5.74) is 1.58. The van der Waals surface area contributed by atoms with Crippen molar-refractivity contribution < 1.29 is 9.53 Å². The molecule has 6 heteroatoms. The maximum absolute atomic E-state index is 12.7. The van der Waals surface area contributed by atoms with Crippen molar-refractivity contribution in [2.24, 2.45) is 0 Å². The Morgan fingerprint density at radius 3 is 2.72 bits per heavy atom. The van der Waals surface area contributed by atoms with E-state index in [0.29, 0.717) is 26.5 Å². The van der Waals surface area contributed by atoms with Gasteiger partial charge in [-0.2, -0.15) is 0 Å². The molecule has 1 saturated heterocycles. The quantitative estimate of drug-likeness (QED) is 0.395. The Balaban J connectivity index is 1.85. The summed E-state index contributed by atoms with van der Waals surface area (Å²) in [6.45, 7) is 4.06. The lowest BCUT2D eigenvalue weighted by Crippen LogP contribution is -2.27. The highest BCUT2D eigenvalue weighted by atomic mass is 35.5. The lowest BCUT2D eigenvalue weighted by Gasteiger charge is -2.14. The zero-order chi connectivity index (χ0) is 17.8. The van der Waals surface area contributed by atoms with Gasteiger partial charge in [0.25, 0.3) is 5.91 Å². The van der Waals surface area contributed by atoms with E-state index in [2.05, 4.69) is 6.58 Å². The van der Waals surface area contributed by atoms with Gasteiger partial charge in [0.15, 0.2) is 4.32 Å². The summed E-state index contributed by atoms with van der Waals surface area (Å²) in [5, 5.41) is 0.612. The van der Waals surface area contributed by atoms with Gasteiger partial charge in [-0.15, -0.1) is 0 Å². The highest BCUT2D eigenvalue weighted by Gasteiger charge is 2.33. The predicted octanol–water partition coefficient (Wildman–Crippen LogP) is 5.31. The van der Waals surface area contributed by atoms with Gasteiger partial charge in [0.1, 0.15) is 12.4 Å². The number of halogens is 1. The number of nitrogens with zero attached hydrogens (tertiary/aromatic N) is 1. The highest BCUT2D eigenvalue weighted by molar-refractivity contribution is 8.27. The molecule has 2 aromatic carbocycles. The molecule has 3 rings (SSSR count). The number of amides is 1. The molecule has 0 atom stereocenters. The summed E-state index contributed by atoms with van der Waals surface area (Å²) < 4.78 is 6.02. The van der Waals surface area contributed by atoms with E-state index >= 15 is 0 Å². The van der Waals surface area contributed by atoms with Crippen LogP contribution in [0.5, 0.6) is 5.75 Å². The van der Waals surface area contributed by atoms with Gasteiger partial charge >= 0.3 is 0 Å². The molecule has 0 spiro atoms. The number of thioether (sulfide) groups is 1. The number of ether oxygens (including phenoxy) is 1. The van der Waals surface area contributed by atoms with Crippen LogP contribution in [-0.2, 0) is 4.79 Å². The maximum Gasteiger partial charge on any atom is 0.270 e. The van der Waals surface area contributed by atoms with Crippen LogP contribution in [-0.4, -0.2) is 16.8 Å². The van der Waals surface area contributed by atoms with Crippen molar-refractivity contribution in [3.8, 4) is 5.75 Å². The van der Waals surface area contributed by atoms with Crippen molar-refractivity contribution in [1.29, 1.82) is 0 Å². The molecule has 126 valence electrons. The van der Waals surface area contributed by atoms with E-state index in [1.54, 1.807) is 30.3 Å². The summed E-state index contributed by atoms with van der Waals surface area (Å²) in [6.07, 6.45) is 3.50. The lowest BCUT2D eigenvalue weighted by atomic mass is 10.2. The molecular formula is C19H14ClNO2S2. The molecule has 0 aromatic heterocycles. The fourth-order valence-corrected chi connectivity index (χ4v) is 3.71. The van der Waals surface area contributed by atoms with Gasteiger partial charge in [0.2, 0.25) is 0 Å². The molecular weight excluding hydrogens is 374 g/mol. The molecule has 1 fully saturated rings. The van der Waals surface area contributed by atoms with Crippen molar-refractivity contribution in [3.05, 3.63) is 76.7 Å². The minimum Gasteiger partial charge on any atom is -0.490 e. The van der Waals surface area contributed by atoms with Crippen LogP contribution in [0.3, 0.4) is 0 Å². The van der Waals surface area contributed by atoms with E-state index in [1.165, 1.54) is 16.7 Å². The van der Waals surface area contributed by atoms with Crippen LogP contribution in [0.15, 0.2) is 66.1 Å². The van der Waals surface area contributed by atoms with Crippen LogP contribution >= 0.6 is 35.6 Å². The SMILES string of the molecule is C=CCOc1cccc(/C=C2\SC(=S)N(c3ccc(Cl)cc3)C2=O)c1. The van der Waals surface area contributed by atoms with Crippen LogP contribution in [0.4, 0.5) is 5.69 Å². The Labute approximate surface area is 160 Å². The van der Waals surface area contributed by atoms with Crippen LogP contribution in [0, 0.1) is 0 Å². The maximum atomic E-state index is 12.7. The van der Waals surface area contributed by atoms with Crippen molar-refractivity contribution in [2.45, 2.75) is 0 Å². The second-order valence-electron chi connectivity index (χ2n) is 5.17. The van der Waals surface area contributed by atoms with Crippen LogP contribution in [0.1, 0.15) is 5.56 Å². The van der Waals surface area contributed by atoms with Crippen molar-refractivity contribution in [2.75, 3.05) is 11.5 Å². The average molecular weight is 388 g/mol. The number of carbonyl (C=O) groups excluding carboxylic acids is 1. The van der Waals surface area contributed by atoms with E-state index < -0.39 is 0 Å². The summed E-state index contributed by atoms with van der Waals surface area (Å²) in [4.78, 5) is 14.8. The number of rotatable bonds is 5. The molecule has 2 aromatic rings. The van der Waals surface area contributed by atoms with E-state index in [1.807, 2.05) is 30.3 Å². The first kappa shape index (κ1) is 17.7. The molecule has 0 saturated carbocycles. The second kappa shape index (κ2) is 7.87. The summed E-state index contributed by atoms with van der Waals surface area (Å²) in [7, 11) is 0. The van der Waals surface area contributed by atoms with Crippen molar-refractivity contribution in [1.82, 2.24) is 0 Å². The van der Waals surface area contributed by atoms with Crippen LogP contribution in [0.2, 0.25) is 5.02 Å². The van der Waals surface area contributed by atoms with E-state index in [0.717, 1.165) is 11.3 Å². The number of carbonyl (C=O) groups is 1. The monoisotopic (exact) mass is 387 g/mol. The van der Waals surface area contributed by atoms with Crippen LogP contribution in [0.25, 0.3) is 6.08 Å². The molecule has 0 unspecified atom stereocenters. The van der Waals surface area contributed by atoms with Gasteiger partial charge in [-0.1, -0.05) is 60.4 Å². The summed E-state index contributed by atoms with van der Waals surface area (Å²) in [6, 6.07) is 14.6. The molecule has 1 aliphatic heterocycles. The fourth-order valence-electron chi connectivity index (χ4n) is 2.28. The minimum absolute atomic E-state index is 0.144. The molecule has 0 bridgehead atoms. The Hall–Kier alpha value is -2.08. The van der Waals surface area contributed by atoms with Crippen molar-refractivity contribution in [3.63, 3.8) is 0 Å². The molecule has 0 N–H and O–H groups in total. The molecule has 0 aliphatic carbocycles. The van der Waals surface area contributed by atoms with Gasteiger partial charge in [-0.25, -0.2) is 0 Å². The lowest BCUT2D eigenvalue weighted by molar-refractivity contribution is -0.113. The second-order valence-corrected chi connectivity index (χ2v) is 7.28. The van der Waals surface area contributed by atoms with E-state index in [9.17, 15) is 4.79 Å².